The number of aromatic nitrogens is 3. The summed E-state index contributed by atoms with van der Waals surface area (Å²) in [7, 11) is 0. The maximum absolute atomic E-state index is 13.4. The number of pyridine rings is 1. The number of carbonyl (C=O) groups excluding carboxylic acids is 1. The summed E-state index contributed by atoms with van der Waals surface area (Å²) in [5.74, 6) is -0.412. The fourth-order valence-corrected chi connectivity index (χ4v) is 4.07. The molecule has 29 heavy (non-hydrogen) atoms. The monoisotopic (exact) mass is 418 g/mol. The molecule has 9 heteroatoms. The molecule has 1 fully saturated rings. The van der Waals surface area contributed by atoms with E-state index in [9.17, 15) is 18.0 Å². The average Bonchev–Trinajstić information content (AvgIpc) is 3.28. The predicted octanol–water partition coefficient (Wildman–Crippen LogP) is 4.64. The van der Waals surface area contributed by atoms with Gasteiger partial charge in [-0.1, -0.05) is 6.07 Å². The summed E-state index contributed by atoms with van der Waals surface area (Å²) in [4.78, 5) is 27.2. The van der Waals surface area contributed by atoms with Crippen molar-refractivity contribution in [2.24, 2.45) is 0 Å². The number of amides is 1. The highest BCUT2D eigenvalue weighted by molar-refractivity contribution is 7.13. The quantitative estimate of drug-likeness (QED) is 0.622. The van der Waals surface area contributed by atoms with Crippen molar-refractivity contribution in [1.29, 1.82) is 0 Å². The lowest BCUT2D eigenvalue weighted by Gasteiger charge is -2.32. The van der Waals surface area contributed by atoms with Crippen LogP contribution in [0.15, 0.2) is 48.1 Å². The van der Waals surface area contributed by atoms with Crippen LogP contribution in [0.25, 0.3) is 10.6 Å². The predicted molar refractivity (Wildman–Crippen MR) is 102 cm³/mol. The number of hydrogen-bond donors (Lipinski definition) is 0. The van der Waals surface area contributed by atoms with E-state index in [1.165, 1.54) is 17.5 Å². The van der Waals surface area contributed by atoms with Crippen LogP contribution in [0.2, 0.25) is 0 Å². The zero-order valence-corrected chi connectivity index (χ0v) is 16.1. The topological polar surface area (TPSA) is 59.0 Å². The Kier molecular flexibility index (Phi) is 5.31. The third-order valence-electron chi connectivity index (χ3n) is 4.79. The summed E-state index contributed by atoms with van der Waals surface area (Å²) in [6.07, 6.45) is -0.198. The van der Waals surface area contributed by atoms with Crippen molar-refractivity contribution in [3.8, 4) is 10.6 Å². The second kappa shape index (κ2) is 7.90. The maximum atomic E-state index is 13.4. The van der Waals surface area contributed by atoms with E-state index in [0.29, 0.717) is 29.8 Å². The van der Waals surface area contributed by atoms with Crippen LogP contribution in [0.4, 0.5) is 13.2 Å². The Morgan fingerprint density at radius 3 is 2.76 bits per heavy atom. The van der Waals surface area contributed by atoms with Crippen molar-refractivity contribution < 1.29 is 18.0 Å². The van der Waals surface area contributed by atoms with Crippen LogP contribution in [0.3, 0.4) is 0 Å². The second-order valence-corrected chi connectivity index (χ2v) is 7.75. The third-order valence-corrected chi connectivity index (χ3v) is 5.68. The van der Waals surface area contributed by atoms with Gasteiger partial charge in [0, 0.05) is 31.4 Å². The van der Waals surface area contributed by atoms with Gasteiger partial charge in [0.15, 0.2) is 0 Å². The molecular formula is C20H17F3N4OS. The van der Waals surface area contributed by atoms with Crippen molar-refractivity contribution in [3.05, 3.63) is 65.2 Å². The highest BCUT2D eigenvalue weighted by Gasteiger charge is 2.35. The lowest BCUT2D eigenvalue weighted by atomic mass is 9.96. The van der Waals surface area contributed by atoms with Crippen LogP contribution in [-0.2, 0) is 6.18 Å². The Bertz CT molecular complexity index is 993. The van der Waals surface area contributed by atoms with Gasteiger partial charge in [-0.15, -0.1) is 11.3 Å². The smallest absolute Gasteiger partial charge is 0.338 e. The summed E-state index contributed by atoms with van der Waals surface area (Å²) in [6, 6.07) is 7.84. The normalized spacial score (nSPS) is 17.3. The Morgan fingerprint density at radius 2 is 2.07 bits per heavy atom. The molecule has 3 aromatic rings. The molecular weight excluding hydrogens is 401 g/mol. The van der Waals surface area contributed by atoms with Crippen LogP contribution in [0.5, 0.6) is 0 Å². The lowest BCUT2D eigenvalue weighted by Crippen LogP contribution is -2.39. The Morgan fingerprint density at radius 1 is 1.21 bits per heavy atom. The fraction of sp³-hybridized carbons (Fsp3) is 0.300. The number of thiophene rings is 1. The first kappa shape index (κ1) is 19.5. The molecule has 0 saturated carbocycles. The lowest BCUT2D eigenvalue weighted by molar-refractivity contribution is -0.141. The van der Waals surface area contributed by atoms with Gasteiger partial charge in [-0.05, 0) is 42.5 Å². The molecule has 0 radical (unpaired) electrons. The van der Waals surface area contributed by atoms with Gasteiger partial charge in [0.05, 0.1) is 16.1 Å². The van der Waals surface area contributed by atoms with E-state index in [4.69, 9.17) is 0 Å². The van der Waals surface area contributed by atoms with Gasteiger partial charge < -0.3 is 4.90 Å². The molecule has 1 atom stereocenters. The standard InChI is InChI=1S/C20H17F3N4OS/c21-20(22,23)17-10-15(16-6-3-9-29-16)25-18(26-17)14-5-2-8-27(12-14)19(28)13-4-1-7-24-11-13/h1,3-4,6-7,9-11,14H,2,5,8,12H2/t14-/m0/s1. The van der Waals surface area contributed by atoms with Crippen molar-refractivity contribution in [2.45, 2.75) is 24.9 Å². The first-order valence-electron chi connectivity index (χ1n) is 9.11. The SMILES string of the molecule is O=C(c1cccnc1)N1CCC[C@H](c2nc(-c3cccs3)cc(C(F)(F)F)n2)C1. The molecule has 1 aliphatic heterocycles. The highest BCUT2D eigenvalue weighted by Crippen LogP contribution is 2.34. The van der Waals surface area contributed by atoms with Gasteiger partial charge in [-0.25, -0.2) is 9.97 Å². The molecule has 0 spiro atoms. The maximum Gasteiger partial charge on any atom is 0.433 e. The van der Waals surface area contributed by atoms with Gasteiger partial charge >= 0.3 is 6.18 Å². The van der Waals surface area contributed by atoms with Gasteiger partial charge in [-0.3, -0.25) is 9.78 Å². The van der Waals surface area contributed by atoms with Crippen LogP contribution in [0, 0.1) is 0 Å². The van der Waals surface area contributed by atoms with Crippen LogP contribution in [0.1, 0.15) is 40.6 Å². The van der Waals surface area contributed by atoms with E-state index in [1.54, 1.807) is 40.7 Å². The summed E-state index contributed by atoms with van der Waals surface area (Å²) in [5, 5.41) is 1.79. The van der Waals surface area contributed by atoms with Crippen molar-refractivity contribution in [2.75, 3.05) is 13.1 Å². The largest absolute Gasteiger partial charge is 0.433 e. The van der Waals surface area contributed by atoms with Crippen molar-refractivity contribution in [3.63, 3.8) is 0 Å². The van der Waals surface area contributed by atoms with Crippen LogP contribution in [-0.4, -0.2) is 38.8 Å². The van der Waals surface area contributed by atoms with Crippen LogP contribution >= 0.6 is 11.3 Å². The molecule has 0 unspecified atom stereocenters. The molecule has 1 amide bonds. The molecule has 4 heterocycles. The molecule has 1 saturated heterocycles. The van der Waals surface area contributed by atoms with Gasteiger partial charge in [-0.2, -0.15) is 13.2 Å². The van der Waals surface area contributed by atoms with Crippen molar-refractivity contribution in [1.82, 2.24) is 19.9 Å². The molecule has 0 aliphatic carbocycles. The summed E-state index contributed by atoms with van der Waals surface area (Å²) < 4.78 is 40.3. The van der Waals surface area contributed by atoms with E-state index >= 15 is 0 Å². The number of piperidine rings is 1. The zero-order chi connectivity index (χ0) is 20.4. The van der Waals surface area contributed by atoms with Gasteiger partial charge in [0.2, 0.25) is 0 Å². The zero-order valence-electron chi connectivity index (χ0n) is 15.3. The number of rotatable bonds is 3. The van der Waals surface area contributed by atoms with E-state index in [1.807, 2.05) is 0 Å². The van der Waals surface area contributed by atoms with E-state index < -0.39 is 11.9 Å². The summed E-state index contributed by atoms with van der Waals surface area (Å²) in [5.41, 5.74) is -0.243. The molecule has 4 rings (SSSR count). The van der Waals surface area contributed by atoms with Gasteiger partial charge in [0.25, 0.3) is 5.91 Å². The molecule has 0 aromatic carbocycles. The van der Waals surface area contributed by atoms with Crippen molar-refractivity contribution >= 4 is 17.2 Å². The Balaban J connectivity index is 1.65. The summed E-state index contributed by atoms with van der Waals surface area (Å²) in [6.45, 7) is 0.819. The number of halogens is 3. The van der Waals surface area contributed by atoms with E-state index in [2.05, 4.69) is 15.0 Å². The summed E-state index contributed by atoms with van der Waals surface area (Å²) >= 11 is 1.32. The minimum absolute atomic E-state index is 0.131. The van der Waals surface area contributed by atoms with E-state index in [-0.39, 0.29) is 29.9 Å². The molecule has 3 aromatic heterocycles. The minimum atomic E-state index is -4.57. The number of alkyl halides is 3. The number of likely N-dealkylation sites (tertiary alicyclic amines) is 1. The molecule has 150 valence electrons. The number of carbonyl (C=O) groups is 1. The average molecular weight is 418 g/mol. The minimum Gasteiger partial charge on any atom is -0.338 e. The van der Waals surface area contributed by atoms with Crippen LogP contribution < -0.4 is 0 Å². The molecule has 5 nitrogen and oxygen atoms in total. The molecule has 0 bridgehead atoms. The first-order chi connectivity index (χ1) is 13.9. The third kappa shape index (κ3) is 4.29. The van der Waals surface area contributed by atoms with E-state index in [0.717, 1.165) is 6.07 Å². The molecule has 0 N–H and O–H groups in total. The molecule has 1 aliphatic rings. The second-order valence-electron chi connectivity index (χ2n) is 6.80. The highest BCUT2D eigenvalue weighted by atomic mass is 32.1. The number of nitrogens with zero attached hydrogens (tertiary/aromatic N) is 4. The Hall–Kier alpha value is -2.81. The first-order valence-corrected chi connectivity index (χ1v) is 9.99. The fourth-order valence-electron chi connectivity index (χ4n) is 3.39. The Labute approximate surface area is 169 Å². The number of hydrogen-bond acceptors (Lipinski definition) is 5. The van der Waals surface area contributed by atoms with Gasteiger partial charge in [0.1, 0.15) is 11.5 Å².